The quantitative estimate of drug-likeness (QED) is 0.720. The second-order valence-electron chi connectivity index (χ2n) is 7.50. The molecule has 2 fully saturated rings. The molecule has 0 amide bonds. The van der Waals surface area contributed by atoms with Crippen molar-refractivity contribution in [2.24, 2.45) is 17.3 Å². The lowest BCUT2D eigenvalue weighted by Crippen LogP contribution is -2.42. The van der Waals surface area contributed by atoms with Gasteiger partial charge in [-0.1, -0.05) is 13.0 Å². The van der Waals surface area contributed by atoms with Gasteiger partial charge in [-0.2, -0.15) is 0 Å². The Balaban J connectivity index is 1.70. The zero-order valence-electron chi connectivity index (χ0n) is 13.3. The molecular weight excluding hydrogens is 296 g/mol. The number of hydrogen-bond acceptors (Lipinski definition) is 2. The van der Waals surface area contributed by atoms with E-state index in [0.29, 0.717) is 23.5 Å². The molecule has 2 saturated carbocycles. The van der Waals surface area contributed by atoms with Crippen LogP contribution in [-0.2, 0) is 11.2 Å². The second kappa shape index (κ2) is 4.99. The minimum Gasteiger partial charge on any atom is -0.497 e. The Hall–Kier alpha value is -1.02. The first kappa shape index (κ1) is 14.6. The van der Waals surface area contributed by atoms with Crippen molar-refractivity contribution in [1.29, 1.82) is 0 Å². The van der Waals surface area contributed by atoms with Crippen LogP contribution in [0.4, 0.5) is 0 Å². The fourth-order valence-corrected chi connectivity index (χ4v) is 5.88. The summed E-state index contributed by atoms with van der Waals surface area (Å²) in [6.45, 7) is 2.17. The number of Topliss-reactive ketones (excluding diaryl/α,β-unsaturated/α-hetero) is 1. The Kier molecular flexibility index (Phi) is 3.30. The lowest BCUT2D eigenvalue weighted by molar-refractivity contribution is -0.129. The van der Waals surface area contributed by atoms with E-state index in [0.717, 1.165) is 31.4 Å². The molecule has 22 heavy (non-hydrogen) atoms. The maximum atomic E-state index is 12.5. The number of hydrogen-bond donors (Lipinski definition) is 0. The molecule has 3 heteroatoms. The van der Waals surface area contributed by atoms with Crippen LogP contribution in [0.1, 0.15) is 49.7 Å². The molecule has 0 bridgehead atoms. The fourth-order valence-electron chi connectivity index (χ4n) is 5.43. The Morgan fingerprint density at radius 1 is 1.32 bits per heavy atom. The second-order valence-corrected chi connectivity index (χ2v) is 8.03. The average Bonchev–Trinajstić information content (AvgIpc) is 2.77. The van der Waals surface area contributed by atoms with Crippen LogP contribution in [0.5, 0.6) is 5.75 Å². The molecule has 0 spiro atoms. The van der Waals surface area contributed by atoms with Gasteiger partial charge in [0.05, 0.1) is 12.5 Å². The van der Waals surface area contributed by atoms with Crippen molar-refractivity contribution in [3.8, 4) is 5.75 Å². The first-order valence-corrected chi connectivity index (χ1v) is 8.83. The zero-order chi connectivity index (χ0) is 15.5. The van der Waals surface area contributed by atoms with E-state index in [1.54, 1.807) is 7.11 Å². The Morgan fingerprint density at radius 3 is 2.91 bits per heavy atom. The lowest BCUT2D eigenvalue weighted by atomic mass is 9.55. The van der Waals surface area contributed by atoms with Crippen molar-refractivity contribution in [2.45, 2.75) is 50.3 Å². The van der Waals surface area contributed by atoms with Gasteiger partial charge in [-0.15, -0.1) is 11.6 Å². The molecule has 0 aromatic heterocycles. The minimum atomic E-state index is -0.258. The first-order valence-electron chi connectivity index (χ1n) is 8.40. The molecule has 0 aliphatic heterocycles. The van der Waals surface area contributed by atoms with Gasteiger partial charge in [-0.3, -0.25) is 4.79 Å². The van der Waals surface area contributed by atoms with Crippen LogP contribution in [0, 0.1) is 17.3 Å². The molecule has 3 aliphatic carbocycles. The molecule has 3 aliphatic rings. The normalized spacial score (nSPS) is 39.9. The molecule has 4 rings (SSSR count). The van der Waals surface area contributed by atoms with Gasteiger partial charge in [-0.05, 0) is 73.1 Å². The van der Waals surface area contributed by atoms with E-state index in [2.05, 4.69) is 25.1 Å². The number of fused-ring (bicyclic) bond motifs is 5. The van der Waals surface area contributed by atoms with Gasteiger partial charge in [0.25, 0.3) is 0 Å². The molecular formula is C19H23ClO2. The number of ketones is 1. The van der Waals surface area contributed by atoms with Crippen molar-refractivity contribution in [2.75, 3.05) is 7.11 Å². The molecule has 1 aromatic carbocycles. The summed E-state index contributed by atoms with van der Waals surface area (Å²) in [7, 11) is 1.73. The number of carbonyl (C=O) groups excluding carboxylic acids is 1. The van der Waals surface area contributed by atoms with Crippen LogP contribution in [0.2, 0.25) is 0 Å². The molecule has 1 unspecified atom stereocenters. The number of benzene rings is 1. The van der Waals surface area contributed by atoms with Crippen LogP contribution >= 0.6 is 11.6 Å². The highest BCUT2D eigenvalue weighted by molar-refractivity contribution is 6.32. The number of aryl methyl sites for hydroxylation is 1. The van der Waals surface area contributed by atoms with Crippen LogP contribution in [0.3, 0.4) is 0 Å². The predicted molar refractivity (Wildman–Crippen MR) is 87.6 cm³/mol. The summed E-state index contributed by atoms with van der Waals surface area (Å²) in [6, 6.07) is 6.53. The molecule has 0 heterocycles. The molecule has 1 aromatic rings. The maximum Gasteiger partial charge on any atom is 0.156 e. The van der Waals surface area contributed by atoms with E-state index >= 15 is 0 Å². The van der Waals surface area contributed by atoms with Gasteiger partial charge in [0, 0.05) is 5.41 Å². The monoisotopic (exact) mass is 318 g/mol. The van der Waals surface area contributed by atoms with Crippen molar-refractivity contribution in [3.05, 3.63) is 29.3 Å². The highest BCUT2D eigenvalue weighted by Gasteiger charge is 2.57. The SMILES string of the molecule is COc1ccc2c(c1)CC[C@@H]1[C@@H]2CC[C@]2(C)C(=O)C(Cl)C[C@@H]12. The third-order valence-electron chi connectivity index (χ3n) is 6.63. The maximum absolute atomic E-state index is 12.5. The topological polar surface area (TPSA) is 26.3 Å². The van der Waals surface area contributed by atoms with Crippen LogP contribution in [0.25, 0.3) is 0 Å². The van der Waals surface area contributed by atoms with E-state index in [-0.39, 0.29) is 10.8 Å². The van der Waals surface area contributed by atoms with Crippen molar-refractivity contribution in [1.82, 2.24) is 0 Å². The minimum absolute atomic E-state index is 0.169. The number of rotatable bonds is 1. The van der Waals surface area contributed by atoms with Gasteiger partial charge >= 0.3 is 0 Å². The average molecular weight is 319 g/mol. The molecule has 0 N–H and O–H groups in total. The van der Waals surface area contributed by atoms with E-state index in [1.807, 2.05) is 0 Å². The summed E-state index contributed by atoms with van der Waals surface area (Å²) >= 11 is 6.33. The van der Waals surface area contributed by atoms with Crippen molar-refractivity contribution in [3.63, 3.8) is 0 Å². The van der Waals surface area contributed by atoms with Gasteiger partial charge in [-0.25, -0.2) is 0 Å². The summed E-state index contributed by atoms with van der Waals surface area (Å²) in [5, 5.41) is -0.258. The number of alkyl halides is 1. The standard InChI is InChI=1S/C19H23ClO2/c1-19-8-7-14-13-6-4-12(22-2)9-11(13)3-5-15(14)16(19)10-17(20)18(19)21/h4,6,9,14-17H,3,5,7-8,10H2,1-2H3/t14-,15-,16+,17?,19+/m1/s1. The van der Waals surface area contributed by atoms with Gasteiger partial charge in [0.1, 0.15) is 5.75 Å². The van der Waals surface area contributed by atoms with E-state index in [1.165, 1.54) is 17.5 Å². The predicted octanol–water partition coefficient (Wildman–Crippen LogP) is 4.34. The number of ether oxygens (including phenoxy) is 1. The Morgan fingerprint density at radius 2 is 2.14 bits per heavy atom. The molecule has 2 nitrogen and oxygen atoms in total. The first-order chi connectivity index (χ1) is 10.5. The fraction of sp³-hybridized carbons (Fsp3) is 0.632. The van der Waals surface area contributed by atoms with E-state index in [9.17, 15) is 4.79 Å². The highest BCUT2D eigenvalue weighted by atomic mass is 35.5. The lowest BCUT2D eigenvalue weighted by Gasteiger charge is -2.48. The number of methoxy groups -OCH3 is 1. The third-order valence-corrected chi connectivity index (χ3v) is 7.01. The zero-order valence-corrected chi connectivity index (χ0v) is 14.0. The van der Waals surface area contributed by atoms with Gasteiger partial charge in [0.15, 0.2) is 5.78 Å². The van der Waals surface area contributed by atoms with Gasteiger partial charge < -0.3 is 4.74 Å². The summed E-state index contributed by atoms with van der Waals surface area (Å²) in [5.74, 6) is 2.94. The number of halogens is 1. The third kappa shape index (κ3) is 1.89. The highest BCUT2D eigenvalue weighted by Crippen LogP contribution is 2.60. The van der Waals surface area contributed by atoms with E-state index < -0.39 is 0 Å². The molecule has 0 saturated heterocycles. The summed E-state index contributed by atoms with van der Waals surface area (Å²) in [4.78, 5) is 12.5. The molecule has 118 valence electrons. The smallest absolute Gasteiger partial charge is 0.156 e. The van der Waals surface area contributed by atoms with Crippen LogP contribution in [0.15, 0.2) is 18.2 Å². The molecule has 0 radical (unpaired) electrons. The van der Waals surface area contributed by atoms with Gasteiger partial charge in [0.2, 0.25) is 0 Å². The largest absolute Gasteiger partial charge is 0.497 e. The number of carbonyl (C=O) groups is 1. The van der Waals surface area contributed by atoms with E-state index in [4.69, 9.17) is 16.3 Å². The summed E-state index contributed by atoms with van der Waals surface area (Å²) in [6.07, 6.45) is 5.27. The van der Waals surface area contributed by atoms with Crippen molar-refractivity contribution >= 4 is 17.4 Å². The van der Waals surface area contributed by atoms with Crippen LogP contribution < -0.4 is 4.74 Å². The Labute approximate surface area is 137 Å². The van der Waals surface area contributed by atoms with Crippen LogP contribution in [-0.4, -0.2) is 18.3 Å². The summed E-state index contributed by atoms with van der Waals surface area (Å²) < 4.78 is 5.37. The van der Waals surface area contributed by atoms with Crippen molar-refractivity contribution < 1.29 is 9.53 Å². The summed E-state index contributed by atoms with van der Waals surface area (Å²) in [5.41, 5.74) is 2.76. The Bertz CT molecular complexity index is 626. The molecule has 5 atom stereocenters.